The van der Waals surface area contributed by atoms with E-state index in [0.29, 0.717) is 0 Å². The number of anilines is 1. The van der Waals surface area contributed by atoms with Crippen molar-refractivity contribution in [3.05, 3.63) is 59.1 Å². The summed E-state index contributed by atoms with van der Waals surface area (Å²) in [4.78, 5) is 15.0. The number of hydrogen-bond donors (Lipinski definition) is 4. The van der Waals surface area contributed by atoms with Crippen molar-refractivity contribution in [2.24, 2.45) is 0 Å². The third-order valence-electron chi connectivity index (χ3n) is 3.31. The molecule has 5 N–H and O–H groups in total. The third kappa shape index (κ3) is 4.14. The summed E-state index contributed by atoms with van der Waals surface area (Å²) in [5.74, 6) is 0.0537. The molecule has 124 valence electrons. The van der Waals surface area contributed by atoms with Crippen LogP contribution in [-0.2, 0) is 4.74 Å². The number of nitrogens with two attached hydrogens (primary N) is 1. The minimum absolute atomic E-state index is 0.0537. The lowest BCUT2D eigenvalue weighted by Gasteiger charge is -2.16. The molecule has 4 atom stereocenters. The lowest BCUT2D eigenvalue weighted by Crippen LogP contribution is -2.36. The third-order valence-corrected chi connectivity index (χ3v) is 3.31. The first-order valence-corrected chi connectivity index (χ1v) is 7.01. The minimum atomic E-state index is -1.31. The molecule has 3 rings (SSSR count). The highest BCUT2D eigenvalue weighted by Crippen LogP contribution is 2.27. The number of hydrogen-bond acceptors (Lipinski definition) is 7. The molecule has 0 amide bonds. The molecule has 8 nitrogen and oxygen atoms in total. The van der Waals surface area contributed by atoms with Crippen LogP contribution < -0.4 is 11.4 Å². The van der Waals surface area contributed by atoms with Crippen LogP contribution in [0.2, 0.25) is 0 Å². The number of nitrogens with zero attached hydrogens (tertiary/aromatic N) is 2. The predicted octanol–water partition coefficient (Wildman–Crippen LogP) is -0.876. The molecule has 1 aromatic carbocycles. The van der Waals surface area contributed by atoms with E-state index in [2.05, 4.69) is 4.98 Å². The SMILES string of the molecule is Nc1ccn([C@@H]2O[C@H](CO)[C@@H](O)[C@H]2O)c(=O)n1.c1ccccc1. The fourth-order valence-corrected chi connectivity index (χ4v) is 2.11. The number of nitrogen functional groups attached to an aromatic ring is 1. The van der Waals surface area contributed by atoms with Crippen LogP contribution in [0.3, 0.4) is 0 Å². The van der Waals surface area contributed by atoms with E-state index in [1.54, 1.807) is 0 Å². The van der Waals surface area contributed by atoms with E-state index >= 15 is 0 Å². The Balaban J connectivity index is 0.000000268. The van der Waals surface area contributed by atoms with Gasteiger partial charge in [0.25, 0.3) is 0 Å². The lowest BCUT2D eigenvalue weighted by atomic mass is 10.1. The first-order chi connectivity index (χ1) is 11.0. The largest absolute Gasteiger partial charge is 0.394 e. The molecule has 0 unspecified atom stereocenters. The highest BCUT2D eigenvalue weighted by atomic mass is 16.6. The van der Waals surface area contributed by atoms with Crippen molar-refractivity contribution in [1.82, 2.24) is 9.55 Å². The standard InChI is InChI=1S/C9H13N3O5.C6H6/c10-5-1-2-12(9(16)11-5)8-7(15)6(14)4(3-13)17-8;1-2-4-6-5-3-1/h1-2,4,6-8,13-15H,3H2,(H2,10,11,16);1-6H/t4-,6-,7-,8-;/m1./s1. The number of rotatable bonds is 2. The Kier molecular flexibility index (Phi) is 5.83. The van der Waals surface area contributed by atoms with Crippen LogP contribution >= 0.6 is 0 Å². The van der Waals surface area contributed by atoms with Crippen LogP contribution in [-0.4, -0.2) is 49.8 Å². The second-order valence-electron chi connectivity index (χ2n) is 4.93. The van der Waals surface area contributed by atoms with Gasteiger partial charge in [-0.25, -0.2) is 4.79 Å². The van der Waals surface area contributed by atoms with Crippen LogP contribution in [0.1, 0.15) is 6.23 Å². The van der Waals surface area contributed by atoms with E-state index in [9.17, 15) is 15.0 Å². The molecule has 0 bridgehead atoms. The molecule has 8 heteroatoms. The van der Waals surface area contributed by atoms with E-state index in [0.717, 1.165) is 4.57 Å². The van der Waals surface area contributed by atoms with Crippen LogP contribution in [0.25, 0.3) is 0 Å². The molecule has 0 radical (unpaired) electrons. The molecule has 0 spiro atoms. The van der Waals surface area contributed by atoms with Gasteiger partial charge in [0, 0.05) is 6.20 Å². The summed E-state index contributed by atoms with van der Waals surface area (Å²) in [6.07, 6.45) is -3.27. The zero-order chi connectivity index (χ0) is 16.8. The highest BCUT2D eigenvalue weighted by Gasteiger charge is 2.43. The van der Waals surface area contributed by atoms with Crippen molar-refractivity contribution in [3.8, 4) is 0 Å². The highest BCUT2D eigenvalue weighted by molar-refractivity contribution is 5.23. The average Bonchev–Trinajstić information content (AvgIpc) is 2.85. The van der Waals surface area contributed by atoms with Crippen LogP contribution in [0, 0.1) is 0 Å². The van der Waals surface area contributed by atoms with Gasteiger partial charge in [-0.05, 0) is 6.07 Å². The summed E-state index contributed by atoms with van der Waals surface area (Å²) in [5.41, 5.74) is 4.63. The Bertz CT molecular complexity index is 637. The second-order valence-corrected chi connectivity index (χ2v) is 4.93. The molecule has 2 heterocycles. The van der Waals surface area contributed by atoms with Gasteiger partial charge in [-0.2, -0.15) is 4.98 Å². The predicted molar refractivity (Wildman–Crippen MR) is 82.4 cm³/mol. The van der Waals surface area contributed by atoms with E-state index in [-0.39, 0.29) is 5.82 Å². The van der Waals surface area contributed by atoms with E-state index in [1.165, 1.54) is 12.3 Å². The van der Waals surface area contributed by atoms with Gasteiger partial charge in [0.15, 0.2) is 6.23 Å². The van der Waals surface area contributed by atoms with Gasteiger partial charge >= 0.3 is 5.69 Å². The first-order valence-electron chi connectivity index (χ1n) is 7.01. The zero-order valence-corrected chi connectivity index (χ0v) is 12.3. The van der Waals surface area contributed by atoms with Crippen molar-refractivity contribution in [3.63, 3.8) is 0 Å². The van der Waals surface area contributed by atoms with Gasteiger partial charge in [0.1, 0.15) is 24.1 Å². The first kappa shape index (κ1) is 17.1. The van der Waals surface area contributed by atoms with Gasteiger partial charge in [-0.3, -0.25) is 4.57 Å². The summed E-state index contributed by atoms with van der Waals surface area (Å²) in [6.45, 7) is -0.453. The maximum Gasteiger partial charge on any atom is 0.351 e. The van der Waals surface area contributed by atoms with Gasteiger partial charge < -0.3 is 25.8 Å². The van der Waals surface area contributed by atoms with Crippen LogP contribution in [0.4, 0.5) is 5.82 Å². The average molecular weight is 321 g/mol. The number of aliphatic hydroxyl groups is 3. The number of ether oxygens (including phenoxy) is 1. The zero-order valence-electron chi connectivity index (χ0n) is 12.3. The van der Waals surface area contributed by atoms with E-state index < -0.39 is 36.8 Å². The smallest absolute Gasteiger partial charge is 0.351 e. The van der Waals surface area contributed by atoms with Gasteiger partial charge in [0.2, 0.25) is 0 Å². The molecule has 1 aromatic heterocycles. The summed E-state index contributed by atoms with van der Waals surface area (Å²) in [5, 5.41) is 28.2. The van der Waals surface area contributed by atoms with Crippen molar-refractivity contribution in [1.29, 1.82) is 0 Å². The van der Waals surface area contributed by atoms with Gasteiger partial charge in [-0.15, -0.1) is 0 Å². The molecule has 2 aromatic rings. The molecular formula is C15H19N3O5. The molecule has 23 heavy (non-hydrogen) atoms. The Hall–Kier alpha value is -2.26. The summed E-state index contributed by atoms with van der Waals surface area (Å²) in [7, 11) is 0. The van der Waals surface area contributed by atoms with Crippen LogP contribution in [0.5, 0.6) is 0 Å². The van der Waals surface area contributed by atoms with Crippen molar-refractivity contribution < 1.29 is 20.1 Å². The molecule has 0 saturated carbocycles. The van der Waals surface area contributed by atoms with Gasteiger partial charge in [0.05, 0.1) is 6.61 Å². The summed E-state index contributed by atoms with van der Waals surface area (Å²) >= 11 is 0. The van der Waals surface area contributed by atoms with Crippen molar-refractivity contribution in [2.75, 3.05) is 12.3 Å². The number of aromatic nitrogens is 2. The summed E-state index contributed by atoms with van der Waals surface area (Å²) in [6, 6.07) is 13.4. The van der Waals surface area contributed by atoms with E-state index in [1.807, 2.05) is 36.4 Å². The maximum absolute atomic E-state index is 11.5. The minimum Gasteiger partial charge on any atom is -0.394 e. The fourth-order valence-electron chi connectivity index (χ4n) is 2.11. The van der Waals surface area contributed by atoms with Crippen LogP contribution in [0.15, 0.2) is 53.5 Å². The topological polar surface area (TPSA) is 131 Å². The lowest BCUT2D eigenvalue weighted by molar-refractivity contribution is -0.0549. The quantitative estimate of drug-likeness (QED) is 0.565. The molecule has 1 fully saturated rings. The fraction of sp³-hybridized carbons (Fsp3) is 0.333. The van der Waals surface area contributed by atoms with Crippen molar-refractivity contribution in [2.45, 2.75) is 24.5 Å². The Morgan fingerprint density at radius 2 is 1.70 bits per heavy atom. The monoisotopic (exact) mass is 321 g/mol. The maximum atomic E-state index is 11.5. The molecule has 1 aliphatic rings. The molecule has 1 aliphatic heterocycles. The second kappa shape index (κ2) is 7.84. The number of aliphatic hydroxyl groups excluding tert-OH is 3. The van der Waals surface area contributed by atoms with Crippen molar-refractivity contribution >= 4 is 5.82 Å². The molecule has 1 saturated heterocycles. The Morgan fingerprint density at radius 1 is 1.13 bits per heavy atom. The molecule has 0 aliphatic carbocycles. The Morgan fingerprint density at radius 3 is 2.13 bits per heavy atom. The van der Waals surface area contributed by atoms with E-state index in [4.69, 9.17) is 15.6 Å². The normalized spacial score (nSPS) is 26.4. The van der Waals surface area contributed by atoms with Gasteiger partial charge in [-0.1, -0.05) is 36.4 Å². The summed E-state index contributed by atoms with van der Waals surface area (Å²) < 4.78 is 6.19. The number of benzene rings is 1. The molecular weight excluding hydrogens is 302 g/mol. The Labute approximate surface area is 132 Å².